The molecule has 33 heavy (non-hydrogen) atoms. The molecule has 0 bridgehead atoms. The zero-order chi connectivity index (χ0) is 25.0. The first kappa shape index (κ1) is 27.9. The van der Waals surface area contributed by atoms with Gasteiger partial charge in [-0.3, -0.25) is 19.2 Å². The van der Waals surface area contributed by atoms with E-state index in [4.69, 9.17) is 10.8 Å². The van der Waals surface area contributed by atoms with Crippen LogP contribution in [-0.2, 0) is 30.4 Å². The average Bonchev–Trinajstić information content (AvgIpc) is 2.75. The lowest BCUT2D eigenvalue weighted by molar-refractivity contribution is -0.143. The predicted octanol–water partition coefficient (Wildman–Crippen LogP) is -0.657. The standard InChI is InChI=1S/C21H30N4O7S/c1-12(18(28)24-15(21(31)32)8-9-33-2)23-20(30)16(11-17(26)27)25-19(29)14(22)10-13-6-4-3-5-7-13/h3-7,12,14-16H,8-11,22H2,1-2H3,(H,23,30)(H,24,28)(H,25,29)(H,26,27)(H,31,32). The fourth-order valence-corrected chi connectivity index (χ4v) is 3.26. The number of hydrogen-bond acceptors (Lipinski definition) is 7. The second-order valence-electron chi connectivity index (χ2n) is 7.37. The minimum absolute atomic E-state index is 0.180. The molecule has 4 atom stereocenters. The molecule has 4 unspecified atom stereocenters. The summed E-state index contributed by atoms with van der Waals surface area (Å²) in [5, 5.41) is 25.3. The first-order valence-corrected chi connectivity index (χ1v) is 11.6. The third kappa shape index (κ3) is 10.4. The van der Waals surface area contributed by atoms with E-state index in [0.717, 1.165) is 5.56 Å². The highest BCUT2D eigenvalue weighted by atomic mass is 32.2. The van der Waals surface area contributed by atoms with Crippen LogP contribution in [0.5, 0.6) is 0 Å². The summed E-state index contributed by atoms with van der Waals surface area (Å²) < 4.78 is 0. The number of nitrogens with one attached hydrogen (secondary N) is 3. The minimum atomic E-state index is -1.47. The molecule has 0 saturated heterocycles. The van der Waals surface area contributed by atoms with Gasteiger partial charge < -0.3 is 31.9 Å². The van der Waals surface area contributed by atoms with Gasteiger partial charge in [-0.2, -0.15) is 11.8 Å². The van der Waals surface area contributed by atoms with Gasteiger partial charge in [-0.15, -0.1) is 0 Å². The van der Waals surface area contributed by atoms with E-state index in [2.05, 4.69) is 16.0 Å². The number of nitrogens with two attached hydrogens (primary N) is 1. The molecule has 0 saturated carbocycles. The lowest BCUT2D eigenvalue weighted by atomic mass is 10.1. The highest BCUT2D eigenvalue weighted by Crippen LogP contribution is 2.04. The summed E-state index contributed by atoms with van der Waals surface area (Å²) >= 11 is 1.42. The lowest BCUT2D eigenvalue weighted by Crippen LogP contribution is -2.57. The Morgan fingerprint density at radius 1 is 0.939 bits per heavy atom. The van der Waals surface area contributed by atoms with Gasteiger partial charge in [0.2, 0.25) is 17.7 Å². The SMILES string of the molecule is CSCCC(NC(=O)C(C)NC(=O)C(CC(=O)O)NC(=O)C(N)Cc1ccccc1)C(=O)O. The molecule has 0 spiro atoms. The van der Waals surface area contributed by atoms with Crippen LogP contribution in [0.2, 0.25) is 0 Å². The van der Waals surface area contributed by atoms with Crippen molar-refractivity contribution in [2.75, 3.05) is 12.0 Å². The highest BCUT2D eigenvalue weighted by Gasteiger charge is 2.29. The van der Waals surface area contributed by atoms with Crippen molar-refractivity contribution in [1.29, 1.82) is 0 Å². The summed E-state index contributed by atoms with van der Waals surface area (Å²) in [7, 11) is 0. The van der Waals surface area contributed by atoms with Crippen LogP contribution in [0.3, 0.4) is 0 Å². The third-order valence-electron chi connectivity index (χ3n) is 4.62. The number of rotatable bonds is 14. The van der Waals surface area contributed by atoms with E-state index in [9.17, 15) is 29.1 Å². The van der Waals surface area contributed by atoms with Gasteiger partial charge in [0, 0.05) is 0 Å². The summed E-state index contributed by atoms with van der Waals surface area (Å²) in [4.78, 5) is 59.8. The molecule has 0 aromatic heterocycles. The zero-order valence-electron chi connectivity index (χ0n) is 18.4. The Kier molecular flexibility index (Phi) is 11.9. The molecular formula is C21H30N4O7S. The van der Waals surface area contributed by atoms with Gasteiger partial charge in [0.1, 0.15) is 18.1 Å². The van der Waals surface area contributed by atoms with Crippen molar-refractivity contribution in [3.63, 3.8) is 0 Å². The molecular weight excluding hydrogens is 452 g/mol. The smallest absolute Gasteiger partial charge is 0.326 e. The van der Waals surface area contributed by atoms with Crippen LogP contribution >= 0.6 is 11.8 Å². The van der Waals surface area contributed by atoms with Crippen molar-refractivity contribution in [2.45, 2.75) is 50.4 Å². The van der Waals surface area contributed by atoms with E-state index in [0.29, 0.717) is 5.75 Å². The number of carbonyl (C=O) groups excluding carboxylic acids is 3. The van der Waals surface area contributed by atoms with Crippen molar-refractivity contribution >= 4 is 41.4 Å². The number of hydrogen-bond donors (Lipinski definition) is 6. The normalized spacial score (nSPS) is 14.3. The molecule has 12 heteroatoms. The minimum Gasteiger partial charge on any atom is -0.481 e. The molecule has 0 radical (unpaired) electrons. The Hall–Kier alpha value is -3.12. The summed E-state index contributed by atoms with van der Waals surface area (Å²) in [5.41, 5.74) is 6.68. The Bertz CT molecular complexity index is 837. The number of carboxylic acid groups (broad SMARTS) is 2. The highest BCUT2D eigenvalue weighted by molar-refractivity contribution is 7.98. The molecule has 1 rings (SSSR count). The second-order valence-corrected chi connectivity index (χ2v) is 8.35. The molecule has 7 N–H and O–H groups in total. The summed E-state index contributed by atoms with van der Waals surface area (Å²) in [6.07, 6.45) is 1.45. The number of carbonyl (C=O) groups is 5. The average molecular weight is 483 g/mol. The van der Waals surface area contributed by atoms with Crippen molar-refractivity contribution in [2.24, 2.45) is 5.73 Å². The van der Waals surface area contributed by atoms with Gasteiger partial charge in [0.25, 0.3) is 0 Å². The van der Waals surface area contributed by atoms with Crippen LogP contribution in [0.15, 0.2) is 30.3 Å². The third-order valence-corrected chi connectivity index (χ3v) is 5.27. The maximum Gasteiger partial charge on any atom is 0.326 e. The molecule has 1 aromatic rings. The summed E-state index contributed by atoms with van der Waals surface area (Å²) in [6, 6.07) is 4.13. The topological polar surface area (TPSA) is 188 Å². The number of benzene rings is 1. The van der Waals surface area contributed by atoms with E-state index in [1.807, 2.05) is 0 Å². The van der Waals surface area contributed by atoms with Crippen LogP contribution in [-0.4, -0.2) is 76.0 Å². The molecule has 0 aliphatic heterocycles. The number of amides is 3. The maximum absolute atomic E-state index is 12.6. The van der Waals surface area contributed by atoms with Crippen LogP contribution in [0.4, 0.5) is 0 Å². The van der Waals surface area contributed by atoms with Gasteiger partial charge in [0.05, 0.1) is 12.5 Å². The molecule has 182 valence electrons. The maximum atomic E-state index is 12.6. The van der Waals surface area contributed by atoms with Crippen LogP contribution in [0, 0.1) is 0 Å². The number of thioether (sulfide) groups is 1. The largest absolute Gasteiger partial charge is 0.481 e. The molecule has 1 aromatic carbocycles. The molecule has 0 aliphatic rings. The molecule has 0 aliphatic carbocycles. The fourth-order valence-electron chi connectivity index (χ4n) is 2.79. The van der Waals surface area contributed by atoms with Gasteiger partial charge >= 0.3 is 11.9 Å². The van der Waals surface area contributed by atoms with Gasteiger partial charge in [-0.1, -0.05) is 30.3 Å². The van der Waals surface area contributed by atoms with Crippen molar-refractivity contribution in [1.82, 2.24) is 16.0 Å². The first-order valence-electron chi connectivity index (χ1n) is 10.2. The lowest BCUT2D eigenvalue weighted by Gasteiger charge is -2.22. The zero-order valence-corrected chi connectivity index (χ0v) is 19.3. The molecule has 11 nitrogen and oxygen atoms in total. The van der Waals surface area contributed by atoms with Gasteiger partial charge in [-0.25, -0.2) is 4.79 Å². The van der Waals surface area contributed by atoms with E-state index < -0.39 is 60.2 Å². The van der Waals surface area contributed by atoms with E-state index in [1.54, 1.807) is 36.6 Å². The van der Waals surface area contributed by atoms with E-state index >= 15 is 0 Å². The second kappa shape index (κ2) is 14.1. The Labute approximate surface area is 195 Å². The Balaban J connectivity index is 2.75. The number of carboxylic acids is 2. The fraction of sp³-hybridized carbons (Fsp3) is 0.476. The van der Waals surface area contributed by atoms with Crippen LogP contribution in [0.25, 0.3) is 0 Å². The van der Waals surface area contributed by atoms with Crippen molar-refractivity contribution in [3.8, 4) is 0 Å². The summed E-state index contributed by atoms with van der Waals surface area (Å²) in [6.45, 7) is 1.32. The van der Waals surface area contributed by atoms with Crippen LogP contribution < -0.4 is 21.7 Å². The van der Waals surface area contributed by atoms with Crippen molar-refractivity contribution < 1.29 is 34.2 Å². The molecule has 0 heterocycles. The molecule has 0 fully saturated rings. The van der Waals surface area contributed by atoms with Gasteiger partial charge in [-0.05, 0) is 37.3 Å². The molecule has 3 amide bonds. The van der Waals surface area contributed by atoms with Crippen molar-refractivity contribution in [3.05, 3.63) is 35.9 Å². The summed E-state index contributed by atoms with van der Waals surface area (Å²) in [5.74, 6) is -4.42. The quantitative estimate of drug-likeness (QED) is 0.200. The van der Waals surface area contributed by atoms with Gasteiger partial charge in [0.15, 0.2) is 0 Å². The first-order chi connectivity index (χ1) is 15.5. The predicted molar refractivity (Wildman–Crippen MR) is 122 cm³/mol. The monoisotopic (exact) mass is 482 g/mol. The number of aliphatic carboxylic acids is 2. The van der Waals surface area contributed by atoms with E-state index in [1.165, 1.54) is 18.7 Å². The van der Waals surface area contributed by atoms with Crippen LogP contribution in [0.1, 0.15) is 25.3 Å². The van der Waals surface area contributed by atoms with E-state index in [-0.39, 0.29) is 12.8 Å². The Morgan fingerprint density at radius 2 is 1.55 bits per heavy atom. The Morgan fingerprint density at radius 3 is 2.09 bits per heavy atom.